The summed E-state index contributed by atoms with van der Waals surface area (Å²) in [4.78, 5) is 30.5. The predicted molar refractivity (Wildman–Crippen MR) is 110 cm³/mol. The minimum absolute atomic E-state index is 0.0462. The molecule has 1 fully saturated rings. The number of ether oxygens (including phenoxy) is 2. The van der Waals surface area contributed by atoms with Gasteiger partial charge in [-0.25, -0.2) is 4.98 Å². The summed E-state index contributed by atoms with van der Waals surface area (Å²) in [5.41, 5.74) is 6.48. The minimum atomic E-state index is -2.94. The van der Waals surface area contributed by atoms with Gasteiger partial charge in [-0.15, -0.1) is 11.3 Å². The number of methoxy groups -OCH3 is 1. The third kappa shape index (κ3) is 7.14. The van der Waals surface area contributed by atoms with E-state index in [-0.39, 0.29) is 42.3 Å². The molecule has 1 aliphatic carbocycles. The van der Waals surface area contributed by atoms with Crippen LogP contribution in [0, 0.1) is 6.92 Å². The van der Waals surface area contributed by atoms with Crippen LogP contribution in [0.1, 0.15) is 29.1 Å². The van der Waals surface area contributed by atoms with Gasteiger partial charge in [0.2, 0.25) is 5.91 Å². The number of benzene rings is 1. The molecule has 2 amide bonds. The number of nitrogens with zero attached hydrogens (tertiary/aromatic N) is 2. The van der Waals surface area contributed by atoms with E-state index in [4.69, 9.17) is 4.74 Å². The number of aromatic nitrogens is 1. The smallest absolute Gasteiger partial charge is 0.387 e. The third-order valence-electron chi connectivity index (χ3n) is 4.56. The van der Waals surface area contributed by atoms with Gasteiger partial charge in [-0.05, 0) is 37.5 Å². The van der Waals surface area contributed by atoms with Crippen molar-refractivity contribution in [3.63, 3.8) is 0 Å². The molecule has 2 aromatic rings. The zero-order chi connectivity index (χ0) is 22.4. The summed E-state index contributed by atoms with van der Waals surface area (Å²) in [6.07, 6.45) is 2.03. The number of thiazole rings is 1. The van der Waals surface area contributed by atoms with Crippen molar-refractivity contribution < 1.29 is 27.8 Å². The molecule has 1 aliphatic rings. The van der Waals surface area contributed by atoms with Gasteiger partial charge >= 0.3 is 6.61 Å². The number of hydrogen-bond acceptors (Lipinski definition) is 7. The number of carbonyl (C=O) groups excluding carboxylic acids is 2. The number of alkyl halides is 2. The fourth-order valence-corrected chi connectivity index (χ4v) is 3.79. The first-order chi connectivity index (χ1) is 14.8. The van der Waals surface area contributed by atoms with Gasteiger partial charge in [0, 0.05) is 23.7 Å². The van der Waals surface area contributed by atoms with E-state index < -0.39 is 6.61 Å². The van der Waals surface area contributed by atoms with Gasteiger partial charge in [0.25, 0.3) is 5.91 Å². The number of carbonyl (C=O) groups is 2. The Kier molecular flexibility index (Phi) is 7.75. The van der Waals surface area contributed by atoms with Gasteiger partial charge in [0.05, 0.1) is 20.1 Å². The van der Waals surface area contributed by atoms with Gasteiger partial charge in [-0.2, -0.15) is 8.78 Å². The van der Waals surface area contributed by atoms with Crippen LogP contribution in [0.2, 0.25) is 0 Å². The van der Waals surface area contributed by atoms with Gasteiger partial charge in [-0.1, -0.05) is 6.07 Å². The average molecular weight is 454 g/mol. The number of aryl methyl sites for hydroxylation is 1. The quantitative estimate of drug-likeness (QED) is 0.536. The molecule has 2 N–H and O–H groups in total. The number of hydrogen-bond donors (Lipinski definition) is 2. The normalized spacial score (nSPS) is 13.4. The largest absolute Gasteiger partial charge is 0.493 e. The second-order valence-corrected chi connectivity index (χ2v) is 8.10. The Balaban J connectivity index is 1.52. The average Bonchev–Trinajstić information content (AvgIpc) is 3.49. The van der Waals surface area contributed by atoms with Crippen molar-refractivity contribution >= 4 is 23.2 Å². The van der Waals surface area contributed by atoms with Crippen LogP contribution >= 0.6 is 11.3 Å². The molecule has 0 atom stereocenters. The second kappa shape index (κ2) is 10.5. The predicted octanol–water partition coefficient (Wildman–Crippen LogP) is 2.42. The van der Waals surface area contributed by atoms with Crippen LogP contribution in [-0.4, -0.2) is 48.0 Å². The zero-order valence-electron chi connectivity index (χ0n) is 17.2. The molecular weight excluding hydrogens is 430 g/mol. The first-order valence-electron chi connectivity index (χ1n) is 9.68. The molecule has 0 saturated heterocycles. The highest BCUT2D eigenvalue weighted by Gasteiger charge is 2.30. The molecule has 1 aromatic carbocycles. The van der Waals surface area contributed by atoms with E-state index in [2.05, 4.69) is 20.6 Å². The fraction of sp³-hybridized carbons (Fsp3) is 0.450. The topological polar surface area (TPSA) is 92.8 Å². The Morgan fingerprint density at radius 3 is 2.61 bits per heavy atom. The van der Waals surface area contributed by atoms with E-state index in [0.29, 0.717) is 11.6 Å². The van der Waals surface area contributed by atoms with Crippen molar-refractivity contribution in [3.8, 4) is 11.5 Å². The number of nitrogens with one attached hydrogen (secondary N) is 2. The van der Waals surface area contributed by atoms with Crippen molar-refractivity contribution in [2.24, 2.45) is 0 Å². The van der Waals surface area contributed by atoms with E-state index in [9.17, 15) is 18.4 Å². The molecule has 1 aromatic heterocycles. The molecule has 168 valence electrons. The SMILES string of the molecule is COc1cc(CN(CC(=O)NNC(=O)Cc2nc(C)cs2)C2CC2)ccc1OC(F)F. The van der Waals surface area contributed by atoms with Gasteiger partial charge in [0.15, 0.2) is 11.5 Å². The third-order valence-corrected chi connectivity index (χ3v) is 5.53. The second-order valence-electron chi connectivity index (χ2n) is 7.16. The first-order valence-corrected chi connectivity index (χ1v) is 10.6. The number of amides is 2. The maximum Gasteiger partial charge on any atom is 0.387 e. The van der Waals surface area contributed by atoms with E-state index in [0.717, 1.165) is 24.1 Å². The highest BCUT2D eigenvalue weighted by Crippen LogP contribution is 2.32. The summed E-state index contributed by atoms with van der Waals surface area (Å²) in [7, 11) is 1.37. The van der Waals surface area contributed by atoms with E-state index in [1.807, 2.05) is 17.2 Å². The Morgan fingerprint density at radius 2 is 2.00 bits per heavy atom. The molecule has 1 heterocycles. The van der Waals surface area contributed by atoms with Crippen LogP contribution in [0.15, 0.2) is 23.6 Å². The standard InChI is InChI=1S/C20H24F2N4O4S/c1-12-11-31-19(23-12)8-17(27)24-25-18(28)10-26(14-4-5-14)9-13-3-6-15(30-20(21)22)16(7-13)29-2/h3,6-7,11,14,20H,4-5,8-10H2,1-2H3,(H,24,27)(H,25,28). The lowest BCUT2D eigenvalue weighted by atomic mass is 10.2. The van der Waals surface area contributed by atoms with Crippen molar-refractivity contribution in [2.45, 2.75) is 45.4 Å². The van der Waals surface area contributed by atoms with Gasteiger partial charge in [-0.3, -0.25) is 25.3 Å². The van der Waals surface area contributed by atoms with Crippen LogP contribution in [0.25, 0.3) is 0 Å². The molecule has 0 radical (unpaired) electrons. The summed E-state index contributed by atoms with van der Waals surface area (Å²) in [5, 5.41) is 2.53. The lowest BCUT2D eigenvalue weighted by Gasteiger charge is -2.22. The minimum Gasteiger partial charge on any atom is -0.493 e. The lowest BCUT2D eigenvalue weighted by molar-refractivity contribution is -0.129. The lowest BCUT2D eigenvalue weighted by Crippen LogP contribution is -2.47. The molecule has 0 spiro atoms. The first kappa shape index (κ1) is 22.9. The molecule has 3 rings (SSSR count). The van der Waals surface area contributed by atoms with Crippen molar-refractivity contribution in [1.82, 2.24) is 20.7 Å². The monoisotopic (exact) mass is 454 g/mol. The van der Waals surface area contributed by atoms with Crippen molar-refractivity contribution in [1.29, 1.82) is 0 Å². The Bertz CT molecular complexity index is 920. The summed E-state index contributed by atoms with van der Waals surface area (Å²) in [5.74, 6) is -0.544. The molecule has 0 unspecified atom stereocenters. The molecule has 31 heavy (non-hydrogen) atoms. The Hall–Kier alpha value is -2.79. The van der Waals surface area contributed by atoms with Gasteiger partial charge < -0.3 is 9.47 Å². The van der Waals surface area contributed by atoms with Crippen molar-refractivity contribution in [2.75, 3.05) is 13.7 Å². The molecular formula is C20H24F2N4O4S. The van der Waals surface area contributed by atoms with Crippen LogP contribution in [0.5, 0.6) is 11.5 Å². The van der Waals surface area contributed by atoms with Crippen LogP contribution in [-0.2, 0) is 22.6 Å². The molecule has 8 nitrogen and oxygen atoms in total. The van der Waals surface area contributed by atoms with Gasteiger partial charge in [0.1, 0.15) is 5.01 Å². The van der Waals surface area contributed by atoms with Crippen LogP contribution in [0.3, 0.4) is 0 Å². The summed E-state index contributed by atoms with van der Waals surface area (Å²) in [6, 6.07) is 4.95. The van der Waals surface area contributed by atoms with Crippen molar-refractivity contribution in [3.05, 3.63) is 39.8 Å². The summed E-state index contributed by atoms with van der Waals surface area (Å²) >= 11 is 1.39. The molecule has 1 saturated carbocycles. The summed E-state index contributed by atoms with van der Waals surface area (Å²) < 4.78 is 34.6. The molecule has 11 heteroatoms. The van der Waals surface area contributed by atoms with E-state index in [1.165, 1.54) is 24.5 Å². The van der Waals surface area contributed by atoms with E-state index in [1.54, 1.807) is 12.1 Å². The molecule has 0 bridgehead atoms. The van der Waals surface area contributed by atoms with E-state index >= 15 is 0 Å². The number of halogens is 2. The maximum atomic E-state index is 12.5. The summed E-state index contributed by atoms with van der Waals surface area (Å²) in [6.45, 7) is -0.586. The number of rotatable bonds is 10. The molecule has 0 aliphatic heterocycles. The van der Waals surface area contributed by atoms with Crippen LogP contribution < -0.4 is 20.3 Å². The Morgan fingerprint density at radius 1 is 1.26 bits per heavy atom. The maximum absolute atomic E-state index is 12.5. The highest BCUT2D eigenvalue weighted by atomic mass is 32.1. The zero-order valence-corrected chi connectivity index (χ0v) is 18.0. The highest BCUT2D eigenvalue weighted by molar-refractivity contribution is 7.09. The fourth-order valence-electron chi connectivity index (χ4n) is 3.02. The van der Waals surface area contributed by atoms with Crippen LogP contribution in [0.4, 0.5) is 8.78 Å². The number of hydrazine groups is 1. The Labute approximate surface area is 182 Å².